The van der Waals surface area contributed by atoms with Gasteiger partial charge in [0.1, 0.15) is 17.1 Å². The molecule has 0 saturated carbocycles. The molecule has 6 heteroatoms. The van der Waals surface area contributed by atoms with Crippen LogP contribution in [0.3, 0.4) is 0 Å². The van der Waals surface area contributed by atoms with Crippen LogP contribution in [0.1, 0.15) is 28.5 Å². The zero-order valence-electron chi connectivity index (χ0n) is 13.1. The van der Waals surface area contributed by atoms with Crippen LogP contribution in [0, 0.1) is 5.82 Å². The van der Waals surface area contributed by atoms with Crippen molar-refractivity contribution in [3.8, 4) is 0 Å². The number of carbonyl (C=O) groups excluding carboxylic acids is 1. The number of carbonyl (C=O) groups is 1. The average Bonchev–Trinajstić information content (AvgIpc) is 2.57. The van der Waals surface area contributed by atoms with E-state index in [0.29, 0.717) is 22.0 Å². The molecule has 1 aliphatic heterocycles. The van der Waals surface area contributed by atoms with Crippen molar-refractivity contribution in [3.05, 3.63) is 76.7 Å². The molecule has 2 aromatic rings. The minimum atomic E-state index is -0.872. The number of Topliss-reactive ketones (excluding diaryl/α,β-unsaturated/α-hetero) is 1. The number of halogens is 1. The van der Waals surface area contributed by atoms with E-state index in [0.717, 1.165) is 0 Å². The lowest BCUT2D eigenvalue weighted by molar-refractivity contribution is 0.0988. The van der Waals surface area contributed by atoms with Gasteiger partial charge < -0.3 is 5.73 Å². The average molecular weight is 341 g/mol. The Morgan fingerprint density at radius 2 is 2.17 bits per heavy atom. The number of hydrogen-bond donors (Lipinski definition) is 1. The summed E-state index contributed by atoms with van der Waals surface area (Å²) in [5, 5.41) is 2.18. The van der Waals surface area contributed by atoms with Gasteiger partial charge in [-0.2, -0.15) is 0 Å². The van der Waals surface area contributed by atoms with Crippen molar-refractivity contribution in [1.29, 1.82) is 0 Å². The summed E-state index contributed by atoms with van der Waals surface area (Å²) in [6.45, 7) is 1.79. The predicted octanol–water partition coefficient (Wildman–Crippen LogP) is 3.44. The zero-order chi connectivity index (χ0) is 17.2. The molecule has 1 aliphatic rings. The third-order valence-corrected chi connectivity index (χ3v) is 4.42. The summed E-state index contributed by atoms with van der Waals surface area (Å²) < 4.78 is 14.3. The van der Waals surface area contributed by atoms with Crippen LogP contribution < -0.4 is 5.73 Å². The second-order valence-corrected chi connectivity index (χ2v) is 6.57. The fraction of sp³-hybridized carbons (Fsp3) is 0.167. The molecule has 3 rings (SSSR count). The summed E-state index contributed by atoms with van der Waals surface area (Å²) in [5.74, 6) is -0.490. The second kappa shape index (κ2) is 6.57. The predicted molar refractivity (Wildman–Crippen MR) is 94.4 cm³/mol. The third kappa shape index (κ3) is 3.38. The summed E-state index contributed by atoms with van der Waals surface area (Å²) >= 11 is 1.30. The quantitative estimate of drug-likeness (QED) is 0.865. The first-order valence-corrected chi connectivity index (χ1v) is 8.29. The van der Waals surface area contributed by atoms with E-state index in [1.54, 1.807) is 54.9 Å². The molecule has 0 radical (unpaired) electrons. The van der Waals surface area contributed by atoms with Crippen LogP contribution in [0.2, 0.25) is 0 Å². The molecule has 0 fully saturated rings. The van der Waals surface area contributed by atoms with Crippen molar-refractivity contribution < 1.29 is 9.18 Å². The van der Waals surface area contributed by atoms with Crippen molar-refractivity contribution in [1.82, 2.24) is 4.98 Å². The van der Waals surface area contributed by atoms with E-state index in [1.807, 2.05) is 0 Å². The van der Waals surface area contributed by atoms with Gasteiger partial charge in [-0.15, -0.1) is 0 Å². The summed E-state index contributed by atoms with van der Waals surface area (Å²) in [6.07, 6.45) is 3.53. The van der Waals surface area contributed by atoms with E-state index >= 15 is 0 Å². The Morgan fingerprint density at radius 1 is 1.33 bits per heavy atom. The Balaban J connectivity index is 1.91. The van der Waals surface area contributed by atoms with Gasteiger partial charge in [-0.25, -0.2) is 9.38 Å². The number of thioether (sulfide) groups is 1. The van der Waals surface area contributed by atoms with Crippen LogP contribution in [0.5, 0.6) is 0 Å². The number of amidine groups is 1. The molecule has 122 valence electrons. The van der Waals surface area contributed by atoms with Gasteiger partial charge in [-0.1, -0.05) is 23.9 Å². The third-order valence-electron chi connectivity index (χ3n) is 3.82. The first kappa shape index (κ1) is 16.4. The Bertz CT molecular complexity index is 835. The maximum atomic E-state index is 14.3. The highest BCUT2D eigenvalue weighted by molar-refractivity contribution is 8.16. The molecule has 0 unspecified atom stereocenters. The summed E-state index contributed by atoms with van der Waals surface area (Å²) in [5.41, 5.74) is 6.40. The number of nitrogens with zero attached hydrogens (tertiary/aromatic N) is 2. The number of aromatic nitrogens is 1. The molecule has 0 aliphatic carbocycles. The number of rotatable bonds is 4. The van der Waals surface area contributed by atoms with Crippen LogP contribution >= 0.6 is 11.8 Å². The maximum absolute atomic E-state index is 14.3. The van der Waals surface area contributed by atoms with Gasteiger partial charge in [-0.05, 0) is 48.2 Å². The standard InChI is InChI=1S/C18H16FN3OS/c1-18(7-9-24-17(20)22-18)13-10-12(5-6-14(13)19)11-16(23)15-4-2-3-8-21-15/h2-10H,11H2,1H3,(H2,20,22)/t18-/m0/s1. The lowest BCUT2D eigenvalue weighted by Gasteiger charge is -2.26. The molecular weight excluding hydrogens is 325 g/mol. The van der Waals surface area contributed by atoms with Crippen LogP contribution in [0.15, 0.2) is 59.1 Å². The van der Waals surface area contributed by atoms with Crippen molar-refractivity contribution >= 4 is 22.7 Å². The zero-order valence-corrected chi connectivity index (χ0v) is 13.9. The normalized spacial score (nSPS) is 19.8. The van der Waals surface area contributed by atoms with E-state index in [1.165, 1.54) is 17.8 Å². The van der Waals surface area contributed by atoms with E-state index in [9.17, 15) is 9.18 Å². The van der Waals surface area contributed by atoms with Crippen molar-refractivity contribution in [2.75, 3.05) is 0 Å². The van der Waals surface area contributed by atoms with Crippen LogP contribution in [-0.2, 0) is 12.0 Å². The maximum Gasteiger partial charge on any atom is 0.185 e. The molecule has 2 N–H and O–H groups in total. The van der Waals surface area contributed by atoms with Crippen molar-refractivity contribution in [3.63, 3.8) is 0 Å². The fourth-order valence-corrected chi connectivity index (χ4v) is 3.27. The first-order valence-electron chi connectivity index (χ1n) is 7.41. The van der Waals surface area contributed by atoms with Gasteiger partial charge >= 0.3 is 0 Å². The highest BCUT2D eigenvalue weighted by Gasteiger charge is 2.29. The SMILES string of the molecule is C[C@@]1(c2cc(CC(=O)c3ccccn3)ccc2F)C=CSC(N)=N1. The number of ketones is 1. The number of nitrogens with two attached hydrogens (primary N) is 1. The molecule has 0 amide bonds. The van der Waals surface area contributed by atoms with Gasteiger partial charge in [0.25, 0.3) is 0 Å². The van der Waals surface area contributed by atoms with E-state index in [-0.39, 0.29) is 18.0 Å². The molecule has 4 nitrogen and oxygen atoms in total. The highest BCUT2D eigenvalue weighted by atomic mass is 32.2. The fourth-order valence-electron chi connectivity index (χ4n) is 2.55. The van der Waals surface area contributed by atoms with Crippen LogP contribution in [-0.4, -0.2) is 15.9 Å². The Kier molecular flexibility index (Phi) is 4.49. The highest BCUT2D eigenvalue weighted by Crippen LogP contribution is 2.34. The van der Waals surface area contributed by atoms with Gasteiger partial charge in [0.05, 0.1) is 0 Å². The molecule has 0 bridgehead atoms. The Morgan fingerprint density at radius 3 is 2.88 bits per heavy atom. The smallest absolute Gasteiger partial charge is 0.185 e. The Labute approximate surface area is 143 Å². The topological polar surface area (TPSA) is 68.3 Å². The van der Waals surface area contributed by atoms with E-state index < -0.39 is 5.54 Å². The number of aliphatic imine (C=N–C) groups is 1. The van der Waals surface area contributed by atoms with Gasteiger partial charge in [0.15, 0.2) is 11.0 Å². The second-order valence-electron chi connectivity index (χ2n) is 5.65. The van der Waals surface area contributed by atoms with E-state index in [2.05, 4.69) is 9.98 Å². The molecule has 0 spiro atoms. The Hall–Kier alpha value is -2.47. The first-order chi connectivity index (χ1) is 11.5. The number of hydrogen-bond acceptors (Lipinski definition) is 5. The van der Waals surface area contributed by atoms with Gasteiger partial charge in [0.2, 0.25) is 0 Å². The van der Waals surface area contributed by atoms with Crippen molar-refractivity contribution in [2.24, 2.45) is 10.7 Å². The molecule has 1 atom stereocenters. The lowest BCUT2D eigenvalue weighted by atomic mass is 9.90. The van der Waals surface area contributed by atoms with Crippen LogP contribution in [0.4, 0.5) is 4.39 Å². The molecule has 2 heterocycles. The molecule has 1 aromatic heterocycles. The van der Waals surface area contributed by atoms with Crippen LogP contribution in [0.25, 0.3) is 0 Å². The molecule has 1 aromatic carbocycles. The minimum absolute atomic E-state index is 0.115. The summed E-state index contributed by atoms with van der Waals surface area (Å²) in [6, 6.07) is 9.83. The largest absolute Gasteiger partial charge is 0.378 e. The van der Waals surface area contributed by atoms with Gasteiger partial charge in [-0.3, -0.25) is 9.78 Å². The number of benzene rings is 1. The summed E-state index contributed by atoms with van der Waals surface area (Å²) in [7, 11) is 0. The van der Waals surface area contributed by atoms with Crippen molar-refractivity contribution in [2.45, 2.75) is 18.9 Å². The summed E-state index contributed by atoms with van der Waals surface area (Å²) in [4.78, 5) is 20.7. The lowest BCUT2D eigenvalue weighted by Crippen LogP contribution is -2.25. The monoisotopic (exact) mass is 341 g/mol. The van der Waals surface area contributed by atoms with Gasteiger partial charge in [0, 0.05) is 18.2 Å². The van der Waals surface area contributed by atoms with E-state index in [4.69, 9.17) is 5.73 Å². The molecule has 0 saturated heterocycles. The molecule has 24 heavy (non-hydrogen) atoms. The minimum Gasteiger partial charge on any atom is -0.378 e. The number of pyridine rings is 1. The molecular formula is C18H16FN3OS.